The first kappa shape index (κ1) is 32.2. The number of ether oxygens (including phenoxy) is 1. The van der Waals surface area contributed by atoms with Gasteiger partial charge in [-0.1, -0.05) is 67.1 Å². The van der Waals surface area contributed by atoms with Crippen molar-refractivity contribution in [3.63, 3.8) is 0 Å². The van der Waals surface area contributed by atoms with Crippen LogP contribution in [-0.2, 0) is 28.3 Å². The van der Waals surface area contributed by atoms with E-state index in [9.17, 15) is 18.3 Å². The normalized spacial score (nSPS) is 30.9. The van der Waals surface area contributed by atoms with Crippen LogP contribution < -0.4 is 14.4 Å². The summed E-state index contributed by atoms with van der Waals surface area (Å²) < 4.78 is 36.9. The maximum Gasteiger partial charge on any atom is 0.264 e. The fraction of sp³-hybridized carbons (Fsp3) is 0.447. The number of aliphatic hydroxyl groups excluding tert-OH is 1. The Morgan fingerprint density at radius 2 is 1.91 bits per heavy atom. The van der Waals surface area contributed by atoms with E-state index in [1.807, 2.05) is 55.5 Å². The van der Waals surface area contributed by atoms with Gasteiger partial charge in [0.05, 0.1) is 23.6 Å². The SMILES string of the molecule is C[C@@H]1C/C=C/[C@H](O)[C@@H]2CC[C@H]2CN2C[C@@]3(CCCc4cc(Cl)ccc43)COc3ccc(cc32)C(=O)NS(=O)(=O)[C@H]1Cc1ccccc1. The lowest BCUT2D eigenvalue weighted by atomic mass is 9.68. The van der Waals surface area contributed by atoms with Gasteiger partial charge in [0.25, 0.3) is 5.91 Å². The van der Waals surface area contributed by atoms with E-state index in [1.165, 1.54) is 11.1 Å². The predicted octanol–water partition coefficient (Wildman–Crippen LogP) is 6.47. The quantitative estimate of drug-likeness (QED) is 0.303. The van der Waals surface area contributed by atoms with Gasteiger partial charge in [-0.2, -0.15) is 0 Å². The second kappa shape index (κ2) is 12.9. The Balaban J connectivity index is 1.28. The maximum absolute atomic E-state index is 13.9. The third kappa shape index (κ3) is 6.44. The van der Waals surface area contributed by atoms with E-state index < -0.39 is 27.3 Å². The average molecular weight is 675 g/mol. The van der Waals surface area contributed by atoms with Crippen molar-refractivity contribution in [1.82, 2.24) is 4.72 Å². The summed E-state index contributed by atoms with van der Waals surface area (Å²) in [5, 5.41) is 11.2. The number of halogens is 1. The summed E-state index contributed by atoms with van der Waals surface area (Å²) in [7, 11) is -4.07. The second-order valence-corrected chi connectivity index (χ2v) is 16.5. The summed E-state index contributed by atoms with van der Waals surface area (Å²) in [6.07, 6.45) is 8.78. The molecule has 2 N–H and O–H groups in total. The third-order valence-electron chi connectivity index (χ3n) is 11.1. The summed E-state index contributed by atoms with van der Waals surface area (Å²) in [6.45, 7) is 3.77. The predicted molar refractivity (Wildman–Crippen MR) is 186 cm³/mol. The van der Waals surface area contributed by atoms with Crippen LogP contribution >= 0.6 is 11.6 Å². The number of rotatable bonds is 2. The van der Waals surface area contributed by atoms with Crippen molar-refractivity contribution in [2.45, 2.75) is 68.6 Å². The molecular weight excluding hydrogens is 632 g/mol. The number of sulfonamides is 1. The molecule has 4 aliphatic rings. The molecule has 0 unspecified atom stereocenters. The van der Waals surface area contributed by atoms with Crippen molar-refractivity contribution in [3.8, 4) is 5.75 Å². The molecule has 3 aromatic carbocycles. The molecule has 2 bridgehead atoms. The standard InChI is InChI=1S/C38H43ClN2O5S/c1-25-7-5-11-34(42)31-15-12-29(31)22-41-23-38(18-6-10-27-20-30(39)14-16-32(27)38)24-46-35-17-13-28(21-33(35)41)37(43)40-47(44,45)36(25)19-26-8-3-2-4-9-26/h2-5,8-9,11,13-14,16-17,20-21,25,29,31,34,36,42H,6-7,10,12,15,18-19,22-24H2,1H3,(H,40,43)/b11-5+/t25-,29+,31-,34+,36+,38+/m1/s1. The van der Waals surface area contributed by atoms with Crippen LogP contribution in [0.15, 0.2) is 78.9 Å². The van der Waals surface area contributed by atoms with Crippen molar-refractivity contribution in [1.29, 1.82) is 0 Å². The van der Waals surface area contributed by atoms with Gasteiger partial charge in [-0.25, -0.2) is 13.1 Å². The largest absolute Gasteiger partial charge is 0.490 e. The van der Waals surface area contributed by atoms with E-state index in [0.29, 0.717) is 31.9 Å². The van der Waals surface area contributed by atoms with Gasteiger partial charge in [0.1, 0.15) is 5.75 Å². The van der Waals surface area contributed by atoms with Gasteiger partial charge in [0.2, 0.25) is 10.0 Å². The lowest BCUT2D eigenvalue weighted by Gasteiger charge is -2.45. The van der Waals surface area contributed by atoms with Crippen molar-refractivity contribution in [2.75, 3.05) is 24.6 Å². The molecule has 0 radical (unpaired) electrons. The van der Waals surface area contributed by atoms with Crippen molar-refractivity contribution in [2.24, 2.45) is 17.8 Å². The number of benzene rings is 3. The molecular formula is C38H43ClN2O5S. The molecule has 6 atom stereocenters. The number of anilines is 1. The highest BCUT2D eigenvalue weighted by molar-refractivity contribution is 7.90. The van der Waals surface area contributed by atoms with Gasteiger partial charge in [-0.15, -0.1) is 0 Å². The molecule has 0 aromatic heterocycles. The Hall–Kier alpha value is -3.33. The number of fused-ring (bicyclic) bond motifs is 4. The molecule has 2 aliphatic carbocycles. The van der Waals surface area contributed by atoms with E-state index >= 15 is 0 Å². The lowest BCUT2D eigenvalue weighted by molar-refractivity contribution is 0.0456. The summed E-state index contributed by atoms with van der Waals surface area (Å²) in [5.41, 5.74) is 4.17. The van der Waals surface area contributed by atoms with Crippen LogP contribution in [0.3, 0.4) is 0 Å². The highest BCUT2D eigenvalue weighted by Gasteiger charge is 2.44. The zero-order valence-electron chi connectivity index (χ0n) is 26.8. The monoisotopic (exact) mass is 674 g/mol. The van der Waals surface area contributed by atoms with Gasteiger partial charge in [-0.05, 0) is 110 Å². The molecule has 47 heavy (non-hydrogen) atoms. The minimum Gasteiger partial charge on any atom is -0.490 e. The Morgan fingerprint density at radius 1 is 1.09 bits per heavy atom. The highest BCUT2D eigenvalue weighted by atomic mass is 35.5. The zero-order chi connectivity index (χ0) is 32.8. The Bertz CT molecular complexity index is 1780. The number of nitrogens with one attached hydrogen (secondary N) is 1. The van der Waals surface area contributed by atoms with Crippen LogP contribution in [0, 0.1) is 17.8 Å². The number of allylic oxidation sites excluding steroid dienone is 1. The fourth-order valence-corrected chi connectivity index (χ4v) is 10.1. The molecule has 7 rings (SSSR count). The number of amides is 1. The molecule has 7 nitrogen and oxygen atoms in total. The number of hydrogen-bond donors (Lipinski definition) is 2. The van der Waals surface area contributed by atoms with Crippen LogP contribution in [0.1, 0.15) is 66.1 Å². The van der Waals surface area contributed by atoms with E-state index in [-0.39, 0.29) is 35.2 Å². The number of carbonyl (C=O) groups is 1. The van der Waals surface area contributed by atoms with E-state index in [1.54, 1.807) is 18.2 Å². The fourth-order valence-electron chi connectivity index (χ4n) is 8.26. The topological polar surface area (TPSA) is 95.9 Å². The van der Waals surface area contributed by atoms with Gasteiger partial charge < -0.3 is 14.7 Å². The van der Waals surface area contributed by atoms with Crippen molar-refractivity contribution in [3.05, 3.63) is 106 Å². The summed E-state index contributed by atoms with van der Waals surface area (Å²) in [6, 6.07) is 20.9. The summed E-state index contributed by atoms with van der Waals surface area (Å²) in [5.74, 6) is 0.102. The van der Waals surface area contributed by atoms with E-state index in [0.717, 1.165) is 48.4 Å². The van der Waals surface area contributed by atoms with Crippen molar-refractivity contribution >= 4 is 33.2 Å². The zero-order valence-corrected chi connectivity index (χ0v) is 28.3. The van der Waals surface area contributed by atoms with Crippen LogP contribution in [0.25, 0.3) is 0 Å². The first-order chi connectivity index (χ1) is 22.6. The second-order valence-electron chi connectivity index (χ2n) is 14.1. The maximum atomic E-state index is 13.9. The minimum absolute atomic E-state index is 0.103. The Morgan fingerprint density at radius 3 is 2.70 bits per heavy atom. The third-order valence-corrected chi connectivity index (χ3v) is 13.2. The van der Waals surface area contributed by atoms with Gasteiger partial charge in [0.15, 0.2) is 0 Å². The van der Waals surface area contributed by atoms with Gasteiger partial charge in [-0.3, -0.25) is 4.79 Å². The number of nitrogens with zero attached hydrogens (tertiary/aromatic N) is 1. The molecule has 248 valence electrons. The molecule has 2 aliphatic heterocycles. The Labute approximate surface area is 283 Å². The van der Waals surface area contributed by atoms with Crippen LogP contribution in [0.2, 0.25) is 5.02 Å². The number of carbonyl (C=O) groups excluding carboxylic acids is 1. The van der Waals surface area contributed by atoms with Crippen LogP contribution in [0.4, 0.5) is 5.69 Å². The lowest BCUT2D eigenvalue weighted by Crippen LogP contribution is -2.49. The van der Waals surface area contributed by atoms with Gasteiger partial charge >= 0.3 is 0 Å². The summed E-state index contributed by atoms with van der Waals surface area (Å²) in [4.78, 5) is 16.1. The number of hydrogen-bond acceptors (Lipinski definition) is 6. The highest BCUT2D eigenvalue weighted by Crippen LogP contribution is 2.46. The van der Waals surface area contributed by atoms with Gasteiger partial charge in [0, 0.05) is 29.1 Å². The van der Waals surface area contributed by atoms with Crippen LogP contribution in [0.5, 0.6) is 5.75 Å². The smallest absolute Gasteiger partial charge is 0.264 e. The first-order valence-electron chi connectivity index (χ1n) is 16.9. The molecule has 1 spiro atoms. The number of aliphatic hydroxyl groups is 1. The molecule has 3 aromatic rings. The molecule has 9 heteroatoms. The number of aryl methyl sites for hydroxylation is 1. The van der Waals surface area contributed by atoms with Crippen LogP contribution in [-0.4, -0.2) is 50.5 Å². The average Bonchev–Trinajstić information content (AvgIpc) is 3.18. The Kier molecular flexibility index (Phi) is 8.87. The van der Waals surface area contributed by atoms with E-state index in [2.05, 4.69) is 21.8 Å². The van der Waals surface area contributed by atoms with E-state index in [4.69, 9.17) is 16.3 Å². The molecule has 0 saturated heterocycles. The molecule has 1 saturated carbocycles. The first-order valence-corrected chi connectivity index (χ1v) is 18.8. The van der Waals surface area contributed by atoms with Crippen molar-refractivity contribution < 1.29 is 23.1 Å². The molecule has 2 heterocycles. The summed E-state index contributed by atoms with van der Waals surface area (Å²) >= 11 is 6.42. The minimum atomic E-state index is -4.07. The molecule has 1 amide bonds. The molecule has 1 fully saturated rings.